The van der Waals surface area contributed by atoms with Gasteiger partial charge in [0, 0.05) is 23.3 Å². The predicted octanol–water partition coefficient (Wildman–Crippen LogP) is 6.13. The Labute approximate surface area is 205 Å². The lowest BCUT2D eigenvalue weighted by Gasteiger charge is -2.52. The van der Waals surface area contributed by atoms with E-state index in [2.05, 4.69) is 59.5 Å². The summed E-state index contributed by atoms with van der Waals surface area (Å²) < 4.78 is 0. The van der Waals surface area contributed by atoms with Crippen LogP contribution in [0.2, 0.25) is 5.02 Å². The van der Waals surface area contributed by atoms with Crippen LogP contribution in [-0.4, -0.2) is 24.2 Å². The fraction of sp³-hybridized carbons (Fsp3) is 0.310. The number of halogens is 1. The number of benzene rings is 3. The van der Waals surface area contributed by atoms with E-state index in [0.29, 0.717) is 17.4 Å². The maximum atomic E-state index is 14.3. The highest BCUT2D eigenvalue weighted by Gasteiger charge is 2.59. The van der Waals surface area contributed by atoms with Gasteiger partial charge in [0.2, 0.25) is 0 Å². The highest BCUT2D eigenvalue weighted by atomic mass is 35.5. The number of carbonyl (C=O) groups is 1. The van der Waals surface area contributed by atoms with Crippen molar-refractivity contribution in [3.05, 3.63) is 95.0 Å². The van der Waals surface area contributed by atoms with Crippen molar-refractivity contribution in [2.45, 2.75) is 38.6 Å². The van der Waals surface area contributed by atoms with Gasteiger partial charge in [-0.05, 0) is 80.0 Å². The average Bonchev–Trinajstić information content (AvgIpc) is 3.11. The molecule has 0 unspecified atom stereocenters. The van der Waals surface area contributed by atoms with Crippen LogP contribution in [0.25, 0.3) is 0 Å². The second-order valence-electron chi connectivity index (χ2n) is 9.84. The zero-order valence-corrected chi connectivity index (χ0v) is 20.1. The maximum absolute atomic E-state index is 14.3. The molecule has 3 aromatic rings. The first kappa shape index (κ1) is 21.4. The molecule has 0 bridgehead atoms. The van der Waals surface area contributed by atoms with E-state index in [1.807, 2.05) is 31.2 Å². The van der Waals surface area contributed by atoms with E-state index in [0.717, 1.165) is 37.2 Å². The molecule has 1 saturated heterocycles. The van der Waals surface area contributed by atoms with Crippen molar-refractivity contribution in [3.63, 3.8) is 0 Å². The molecule has 1 spiro atoms. The number of carbonyl (C=O) groups excluding carboxylic acids is 1. The molecule has 3 aliphatic rings. The summed E-state index contributed by atoms with van der Waals surface area (Å²) in [5.74, 6) is 0.619. The first-order valence-electron chi connectivity index (χ1n) is 12.1. The molecule has 3 heterocycles. The van der Waals surface area contributed by atoms with Gasteiger partial charge in [-0.2, -0.15) is 10.1 Å². The molecule has 4 nitrogen and oxygen atoms in total. The Balaban J connectivity index is 1.39. The molecule has 3 aliphatic heterocycles. The van der Waals surface area contributed by atoms with Gasteiger partial charge >= 0.3 is 0 Å². The van der Waals surface area contributed by atoms with Gasteiger partial charge in [-0.3, -0.25) is 4.79 Å². The Morgan fingerprint density at radius 3 is 2.53 bits per heavy atom. The molecule has 172 valence electrons. The summed E-state index contributed by atoms with van der Waals surface area (Å²) in [6, 6.07) is 26.8. The average molecular weight is 470 g/mol. The Kier molecular flexibility index (Phi) is 5.22. The summed E-state index contributed by atoms with van der Waals surface area (Å²) in [6.07, 6.45) is 3.85. The third kappa shape index (κ3) is 3.35. The van der Waals surface area contributed by atoms with Crippen LogP contribution in [0.5, 0.6) is 0 Å². The van der Waals surface area contributed by atoms with E-state index in [1.165, 1.54) is 16.8 Å². The zero-order valence-electron chi connectivity index (χ0n) is 19.3. The van der Waals surface area contributed by atoms with Crippen LogP contribution in [0.4, 0.5) is 11.4 Å². The summed E-state index contributed by atoms with van der Waals surface area (Å²) in [4.78, 5) is 16.8. The van der Waals surface area contributed by atoms with Gasteiger partial charge in [0.25, 0.3) is 5.91 Å². The summed E-state index contributed by atoms with van der Waals surface area (Å²) >= 11 is 6.11. The van der Waals surface area contributed by atoms with Crippen molar-refractivity contribution < 1.29 is 4.79 Å². The van der Waals surface area contributed by atoms with Crippen molar-refractivity contribution in [1.82, 2.24) is 0 Å². The smallest absolute Gasteiger partial charge is 0.261 e. The monoisotopic (exact) mass is 469 g/mol. The SMILES string of the molecule is CC1=NN(c2ccc(Cl)cc2)C(=O)[C@@]12Cc1ccccc1N1CC[C@@H](Cc3ccccc3)C[C@@H]12. The third-order valence-electron chi connectivity index (χ3n) is 7.96. The molecule has 34 heavy (non-hydrogen) atoms. The third-order valence-corrected chi connectivity index (χ3v) is 8.21. The summed E-state index contributed by atoms with van der Waals surface area (Å²) in [5, 5.41) is 7.11. The Bertz CT molecular complexity index is 1260. The van der Waals surface area contributed by atoms with Crippen LogP contribution in [-0.2, 0) is 17.6 Å². The Morgan fingerprint density at radius 1 is 1.00 bits per heavy atom. The summed E-state index contributed by atoms with van der Waals surface area (Å²) in [6.45, 7) is 3.00. The molecule has 6 rings (SSSR count). The first-order chi connectivity index (χ1) is 16.6. The minimum absolute atomic E-state index is 0.0807. The van der Waals surface area contributed by atoms with Crippen LogP contribution in [0, 0.1) is 11.3 Å². The molecule has 5 heteroatoms. The molecule has 0 aromatic heterocycles. The van der Waals surface area contributed by atoms with Crippen molar-refractivity contribution in [2.24, 2.45) is 16.4 Å². The summed E-state index contributed by atoms with van der Waals surface area (Å²) in [7, 11) is 0. The first-order valence-corrected chi connectivity index (χ1v) is 12.5. The summed E-state index contributed by atoms with van der Waals surface area (Å²) in [5.41, 5.74) is 4.92. The van der Waals surface area contributed by atoms with Crippen LogP contribution in [0.1, 0.15) is 30.9 Å². The van der Waals surface area contributed by atoms with Gasteiger partial charge in [-0.25, -0.2) is 0 Å². The largest absolute Gasteiger partial charge is 0.367 e. The van der Waals surface area contributed by atoms with Crippen LogP contribution >= 0.6 is 11.6 Å². The maximum Gasteiger partial charge on any atom is 0.261 e. The van der Waals surface area contributed by atoms with E-state index in [-0.39, 0.29) is 11.9 Å². The van der Waals surface area contributed by atoms with E-state index >= 15 is 0 Å². The molecule has 0 saturated carbocycles. The molecular weight excluding hydrogens is 442 g/mol. The Hall–Kier alpha value is -3.11. The van der Waals surface area contributed by atoms with Gasteiger partial charge < -0.3 is 4.90 Å². The second kappa shape index (κ2) is 8.28. The number of para-hydroxylation sites is 1. The molecular formula is C29H28ClN3O. The quantitative estimate of drug-likeness (QED) is 0.462. The van der Waals surface area contributed by atoms with E-state index in [4.69, 9.17) is 16.7 Å². The van der Waals surface area contributed by atoms with Crippen molar-refractivity contribution in [2.75, 3.05) is 16.5 Å². The van der Waals surface area contributed by atoms with Crippen LogP contribution in [0.3, 0.4) is 0 Å². The molecule has 3 aromatic carbocycles. The van der Waals surface area contributed by atoms with Crippen LogP contribution in [0.15, 0.2) is 84.0 Å². The van der Waals surface area contributed by atoms with Gasteiger partial charge in [0.1, 0.15) is 5.41 Å². The Morgan fingerprint density at radius 2 is 1.74 bits per heavy atom. The molecule has 3 atom stereocenters. The number of anilines is 2. The normalized spacial score (nSPS) is 25.8. The molecule has 0 aliphatic carbocycles. The van der Waals surface area contributed by atoms with E-state index < -0.39 is 5.41 Å². The number of rotatable bonds is 3. The molecule has 0 radical (unpaired) electrons. The number of amides is 1. The predicted molar refractivity (Wildman–Crippen MR) is 139 cm³/mol. The number of nitrogens with zero attached hydrogens (tertiary/aromatic N) is 3. The number of hydrazone groups is 1. The second-order valence-corrected chi connectivity index (χ2v) is 10.3. The van der Waals surface area contributed by atoms with E-state index in [9.17, 15) is 4.79 Å². The highest BCUT2D eigenvalue weighted by Crippen LogP contribution is 2.50. The molecule has 0 N–H and O–H groups in total. The minimum atomic E-state index is -0.649. The fourth-order valence-corrected chi connectivity index (χ4v) is 6.38. The highest BCUT2D eigenvalue weighted by molar-refractivity contribution is 6.30. The zero-order chi connectivity index (χ0) is 23.3. The molecule has 1 amide bonds. The van der Waals surface area contributed by atoms with Gasteiger partial charge in [0.15, 0.2) is 0 Å². The fourth-order valence-electron chi connectivity index (χ4n) is 6.26. The van der Waals surface area contributed by atoms with E-state index in [1.54, 1.807) is 5.01 Å². The topological polar surface area (TPSA) is 35.9 Å². The van der Waals surface area contributed by atoms with Crippen molar-refractivity contribution >= 4 is 34.6 Å². The lowest BCUT2D eigenvalue weighted by atomic mass is 9.64. The number of fused-ring (bicyclic) bond motifs is 4. The van der Waals surface area contributed by atoms with Crippen molar-refractivity contribution in [3.8, 4) is 0 Å². The number of piperidine rings is 1. The lowest BCUT2D eigenvalue weighted by molar-refractivity contribution is -0.125. The standard InChI is InChI=1S/C29H28ClN3O/c1-20-29(28(34)33(31-20)25-13-11-24(30)12-14-25)19-23-9-5-6-10-26(23)32-16-15-22(18-27(29)32)17-21-7-3-2-4-8-21/h2-14,22,27H,15-19H2,1H3/t22-,27+,29-/m0/s1. The van der Waals surface area contributed by atoms with Gasteiger partial charge in [-0.15, -0.1) is 0 Å². The van der Waals surface area contributed by atoms with Crippen molar-refractivity contribution in [1.29, 1.82) is 0 Å². The lowest BCUT2D eigenvalue weighted by Crippen LogP contribution is -2.62. The number of hydrogen-bond donors (Lipinski definition) is 0. The molecule has 1 fully saturated rings. The minimum Gasteiger partial charge on any atom is -0.367 e. The van der Waals surface area contributed by atoms with Gasteiger partial charge in [-0.1, -0.05) is 60.1 Å². The van der Waals surface area contributed by atoms with Gasteiger partial charge in [0.05, 0.1) is 11.4 Å². The van der Waals surface area contributed by atoms with Crippen LogP contribution < -0.4 is 9.91 Å². The number of hydrogen-bond acceptors (Lipinski definition) is 3.